The first kappa shape index (κ1) is 13.2. The molecule has 1 aromatic heterocycles. The SMILES string of the molecule is CCn1ncc(S(=O)(=O)NC(C)(C)C)c1C. The highest BCUT2D eigenvalue weighted by atomic mass is 32.2. The molecule has 0 fully saturated rings. The first-order valence-corrected chi connectivity index (χ1v) is 6.72. The van der Waals surface area contributed by atoms with Crippen molar-refractivity contribution >= 4 is 10.0 Å². The molecule has 6 heteroatoms. The molecule has 0 radical (unpaired) electrons. The first-order chi connectivity index (χ1) is 7.17. The van der Waals surface area contributed by atoms with Gasteiger partial charge in [-0.2, -0.15) is 5.10 Å². The fraction of sp³-hybridized carbons (Fsp3) is 0.700. The predicted octanol–water partition coefficient (Wildman–Crippen LogP) is 1.29. The quantitative estimate of drug-likeness (QED) is 0.872. The van der Waals surface area contributed by atoms with Crippen LogP contribution < -0.4 is 4.72 Å². The summed E-state index contributed by atoms with van der Waals surface area (Å²) in [6.45, 7) is 9.77. The topological polar surface area (TPSA) is 64.0 Å². The maximum absolute atomic E-state index is 12.0. The van der Waals surface area contributed by atoms with Crippen molar-refractivity contribution in [1.29, 1.82) is 0 Å². The smallest absolute Gasteiger partial charge is 0.244 e. The average Bonchev–Trinajstić information content (AvgIpc) is 2.42. The van der Waals surface area contributed by atoms with Gasteiger partial charge in [0.15, 0.2) is 0 Å². The zero-order chi connectivity index (χ0) is 12.6. The molecule has 0 saturated heterocycles. The lowest BCUT2D eigenvalue weighted by molar-refractivity contribution is 0.491. The van der Waals surface area contributed by atoms with E-state index in [1.807, 2.05) is 27.7 Å². The molecule has 0 unspecified atom stereocenters. The number of aryl methyl sites for hydroxylation is 1. The Balaban J connectivity index is 3.13. The van der Waals surface area contributed by atoms with Crippen LogP contribution in [0.1, 0.15) is 33.4 Å². The van der Waals surface area contributed by atoms with Gasteiger partial charge in [0, 0.05) is 12.1 Å². The van der Waals surface area contributed by atoms with Crippen molar-refractivity contribution in [3.63, 3.8) is 0 Å². The Morgan fingerprint density at radius 2 is 2.00 bits per heavy atom. The van der Waals surface area contributed by atoms with Crippen LogP contribution in [0, 0.1) is 6.92 Å². The number of aromatic nitrogens is 2. The fourth-order valence-electron chi connectivity index (χ4n) is 1.47. The van der Waals surface area contributed by atoms with Gasteiger partial charge in [-0.1, -0.05) is 0 Å². The van der Waals surface area contributed by atoms with Crippen molar-refractivity contribution in [2.45, 2.75) is 51.6 Å². The Morgan fingerprint density at radius 1 is 1.44 bits per heavy atom. The zero-order valence-electron chi connectivity index (χ0n) is 10.4. The normalized spacial score (nSPS) is 13.1. The van der Waals surface area contributed by atoms with Crippen molar-refractivity contribution < 1.29 is 8.42 Å². The van der Waals surface area contributed by atoms with Crippen LogP contribution in [0.3, 0.4) is 0 Å². The second-order valence-electron chi connectivity index (χ2n) is 4.77. The molecule has 0 aliphatic carbocycles. The van der Waals surface area contributed by atoms with Gasteiger partial charge in [0.2, 0.25) is 10.0 Å². The maximum atomic E-state index is 12.0. The first-order valence-electron chi connectivity index (χ1n) is 5.24. The summed E-state index contributed by atoms with van der Waals surface area (Å²) in [6, 6.07) is 0. The molecule has 16 heavy (non-hydrogen) atoms. The van der Waals surface area contributed by atoms with E-state index < -0.39 is 15.6 Å². The van der Waals surface area contributed by atoms with Gasteiger partial charge >= 0.3 is 0 Å². The van der Waals surface area contributed by atoms with Gasteiger partial charge in [0.05, 0.1) is 11.9 Å². The molecule has 0 atom stereocenters. The maximum Gasteiger partial charge on any atom is 0.244 e. The van der Waals surface area contributed by atoms with Crippen LogP contribution in [0.25, 0.3) is 0 Å². The summed E-state index contributed by atoms with van der Waals surface area (Å²) >= 11 is 0. The minimum absolute atomic E-state index is 0.254. The molecule has 1 heterocycles. The third-order valence-electron chi connectivity index (χ3n) is 2.09. The number of rotatable bonds is 3. The van der Waals surface area contributed by atoms with Crippen LogP contribution in [-0.2, 0) is 16.6 Å². The summed E-state index contributed by atoms with van der Waals surface area (Å²) in [5, 5.41) is 4.03. The summed E-state index contributed by atoms with van der Waals surface area (Å²) in [7, 11) is -3.47. The van der Waals surface area contributed by atoms with Crippen LogP contribution in [0.4, 0.5) is 0 Å². The van der Waals surface area contributed by atoms with E-state index in [1.54, 1.807) is 11.6 Å². The van der Waals surface area contributed by atoms with Gasteiger partial charge in [0.25, 0.3) is 0 Å². The number of nitrogens with one attached hydrogen (secondary N) is 1. The predicted molar refractivity (Wildman–Crippen MR) is 62.7 cm³/mol. The average molecular weight is 245 g/mol. The fourth-order valence-corrected chi connectivity index (χ4v) is 3.07. The van der Waals surface area contributed by atoms with Gasteiger partial charge in [-0.25, -0.2) is 13.1 Å². The van der Waals surface area contributed by atoms with Crippen LogP contribution in [-0.4, -0.2) is 23.7 Å². The lowest BCUT2D eigenvalue weighted by Gasteiger charge is -2.20. The highest BCUT2D eigenvalue weighted by molar-refractivity contribution is 7.89. The molecule has 0 aromatic carbocycles. The molecule has 0 aliphatic heterocycles. The van der Waals surface area contributed by atoms with E-state index in [0.717, 1.165) is 0 Å². The third-order valence-corrected chi connectivity index (χ3v) is 3.95. The summed E-state index contributed by atoms with van der Waals surface area (Å²) < 4.78 is 28.3. The van der Waals surface area contributed by atoms with Crippen LogP contribution >= 0.6 is 0 Å². The van der Waals surface area contributed by atoms with Crippen LogP contribution in [0.5, 0.6) is 0 Å². The van der Waals surface area contributed by atoms with Crippen molar-refractivity contribution in [1.82, 2.24) is 14.5 Å². The molecule has 0 amide bonds. The van der Waals surface area contributed by atoms with Gasteiger partial charge in [0.1, 0.15) is 4.90 Å². The number of hydrogen-bond acceptors (Lipinski definition) is 3. The molecule has 0 saturated carbocycles. The van der Waals surface area contributed by atoms with E-state index in [4.69, 9.17) is 0 Å². The summed E-state index contributed by atoms with van der Waals surface area (Å²) in [6.07, 6.45) is 1.40. The Labute approximate surface area is 96.9 Å². The lowest BCUT2D eigenvalue weighted by atomic mass is 10.1. The summed E-state index contributed by atoms with van der Waals surface area (Å²) in [5.41, 5.74) is 0.179. The van der Waals surface area contributed by atoms with Crippen LogP contribution in [0.15, 0.2) is 11.1 Å². The van der Waals surface area contributed by atoms with Crippen LogP contribution in [0.2, 0.25) is 0 Å². The molecule has 0 spiro atoms. The van der Waals surface area contributed by atoms with Crippen molar-refractivity contribution in [3.8, 4) is 0 Å². The van der Waals surface area contributed by atoms with Gasteiger partial charge < -0.3 is 0 Å². The van der Waals surface area contributed by atoms with Gasteiger partial charge in [-0.05, 0) is 34.6 Å². The zero-order valence-corrected chi connectivity index (χ0v) is 11.2. The van der Waals surface area contributed by atoms with E-state index in [0.29, 0.717) is 12.2 Å². The molecule has 1 rings (SSSR count). The lowest BCUT2D eigenvalue weighted by Crippen LogP contribution is -2.40. The molecular formula is C10H19N3O2S. The van der Waals surface area contributed by atoms with Crippen molar-refractivity contribution in [2.24, 2.45) is 0 Å². The molecule has 0 bridgehead atoms. The molecule has 5 nitrogen and oxygen atoms in total. The van der Waals surface area contributed by atoms with E-state index in [1.165, 1.54) is 6.20 Å². The summed E-state index contributed by atoms with van der Waals surface area (Å²) in [4.78, 5) is 0.254. The Bertz CT molecular complexity index is 469. The van der Waals surface area contributed by atoms with Gasteiger partial charge in [-0.15, -0.1) is 0 Å². The largest absolute Gasteiger partial charge is 0.269 e. The third kappa shape index (κ3) is 2.82. The second-order valence-corrected chi connectivity index (χ2v) is 6.42. The van der Waals surface area contributed by atoms with Crippen molar-refractivity contribution in [2.75, 3.05) is 0 Å². The minimum Gasteiger partial charge on any atom is -0.269 e. The van der Waals surface area contributed by atoms with Crippen molar-refractivity contribution in [3.05, 3.63) is 11.9 Å². The molecule has 1 aromatic rings. The van der Waals surface area contributed by atoms with E-state index in [2.05, 4.69) is 9.82 Å². The summed E-state index contributed by atoms with van der Waals surface area (Å²) in [5.74, 6) is 0. The Morgan fingerprint density at radius 3 is 2.38 bits per heavy atom. The van der Waals surface area contributed by atoms with Gasteiger partial charge in [-0.3, -0.25) is 4.68 Å². The molecule has 0 aliphatic rings. The highest BCUT2D eigenvalue weighted by Crippen LogP contribution is 2.16. The minimum atomic E-state index is -3.47. The van der Waals surface area contributed by atoms with E-state index in [9.17, 15) is 8.42 Å². The molecule has 1 N–H and O–H groups in total. The van der Waals surface area contributed by atoms with E-state index in [-0.39, 0.29) is 4.90 Å². The Hall–Kier alpha value is -0.880. The second kappa shape index (κ2) is 4.18. The standard InChI is InChI=1S/C10H19N3O2S/c1-6-13-8(2)9(7-11-13)16(14,15)12-10(3,4)5/h7,12H,6H2,1-5H3. The number of nitrogens with zero attached hydrogens (tertiary/aromatic N) is 2. The highest BCUT2D eigenvalue weighted by Gasteiger charge is 2.25. The molecular weight excluding hydrogens is 226 g/mol. The van der Waals surface area contributed by atoms with E-state index >= 15 is 0 Å². The Kier molecular flexibility index (Phi) is 3.44. The monoisotopic (exact) mass is 245 g/mol. The number of hydrogen-bond donors (Lipinski definition) is 1. The molecule has 92 valence electrons. The number of sulfonamides is 1.